The Hall–Kier alpha value is -1.23. The first-order chi connectivity index (χ1) is 7.06. The van der Waals surface area contributed by atoms with Gasteiger partial charge < -0.3 is 4.90 Å². The summed E-state index contributed by atoms with van der Waals surface area (Å²) in [4.78, 5) is 2.12. The average molecular weight is 204 g/mol. The lowest BCUT2D eigenvalue weighted by molar-refractivity contribution is 0.403. The van der Waals surface area contributed by atoms with Gasteiger partial charge in [0.05, 0.1) is 6.07 Å². The molecule has 0 aliphatic heterocycles. The van der Waals surface area contributed by atoms with Crippen molar-refractivity contribution in [3.8, 4) is 6.07 Å². The van der Waals surface area contributed by atoms with Crippen LogP contribution in [0.1, 0.15) is 26.7 Å². The summed E-state index contributed by atoms with van der Waals surface area (Å²) < 4.78 is 0. The number of nitrogens with zero attached hydrogens (tertiary/aromatic N) is 2. The fraction of sp³-hybridized carbons (Fsp3) is 0.615. The Balaban J connectivity index is 2.88. The zero-order valence-corrected chi connectivity index (χ0v) is 10.1. The zero-order valence-electron chi connectivity index (χ0n) is 10.1. The molecule has 1 aliphatic carbocycles. The minimum Gasteiger partial charge on any atom is -0.381 e. The van der Waals surface area contributed by atoms with Crippen molar-refractivity contribution >= 4 is 0 Å². The molecular weight excluding hydrogens is 184 g/mol. The van der Waals surface area contributed by atoms with Crippen LogP contribution in [0.3, 0.4) is 0 Å². The normalized spacial score (nSPS) is 20.7. The zero-order chi connectivity index (χ0) is 11.4. The highest BCUT2D eigenvalue weighted by Gasteiger charge is 2.21. The molecule has 0 saturated carbocycles. The Morgan fingerprint density at radius 1 is 1.47 bits per heavy atom. The Labute approximate surface area is 92.9 Å². The van der Waals surface area contributed by atoms with Gasteiger partial charge in [-0.25, -0.2) is 0 Å². The van der Waals surface area contributed by atoms with Crippen LogP contribution in [0.5, 0.6) is 0 Å². The summed E-state index contributed by atoms with van der Waals surface area (Å²) in [6.07, 6.45) is 6.04. The van der Waals surface area contributed by atoms with Gasteiger partial charge in [-0.3, -0.25) is 0 Å². The van der Waals surface area contributed by atoms with Gasteiger partial charge in [-0.15, -0.1) is 0 Å². The van der Waals surface area contributed by atoms with Crippen LogP contribution < -0.4 is 0 Å². The number of hydrogen-bond acceptors (Lipinski definition) is 2. The van der Waals surface area contributed by atoms with Gasteiger partial charge in [-0.2, -0.15) is 5.26 Å². The van der Waals surface area contributed by atoms with Gasteiger partial charge >= 0.3 is 0 Å². The van der Waals surface area contributed by atoms with Crippen molar-refractivity contribution in [2.75, 3.05) is 14.1 Å². The molecule has 0 N–H and O–H groups in total. The molecule has 15 heavy (non-hydrogen) atoms. The molecule has 0 spiro atoms. The van der Waals surface area contributed by atoms with Crippen molar-refractivity contribution in [3.05, 3.63) is 23.4 Å². The number of hydrogen-bond donors (Lipinski definition) is 0. The SMILES string of the molecule is CC(C)C1=CC=C(N(C)C)C(CC#N)C1. The monoisotopic (exact) mass is 204 g/mol. The summed E-state index contributed by atoms with van der Waals surface area (Å²) in [5.41, 5.74) is 2.74. The van der Waals surface area contributed by atoms with Gasteiger partial charge in [0.2, 0.25) is 0 Å². The minimum atomic E-state index is 0.382. The van der Waals surface area contributed by atoms with E-state index in [-0.39, 0.29) is 0 Å². The van der Waals surface area contributed by atoms with E-state index >= 15 is 0 Å². The summed E-state index contributed by atoms with van der Waals surface area (Å²) in [5.74, 6) is 0.971. The van der Waals surface area contributed by atoms with Crippen molar-refractivity contribution < 1.29 is 0 Å². The maximum absolute atomic E-state index is 8.83. The van der Waals surface area contributed by atoms with Crippen LogP contribution in [-0.2, 0) is 0 Å². The van der Waals surface area contributed by atoms with Crippen molar-refractivity contribution in [2.45, 2.75) is 26.7 Å². The molecule has 0 saturated heterocycles. The molecule has 0 aromatic rings. The molecule has 2 nitrogen and oxygen atoms in total. The van der Waals surface area contributed by atoms with Crippen molar-refractivity contribution in [2.24, 2.45) is 11.8 Å². The van der Waals surface area contributed by atoms with Gasteiger partial charge in [0.25, 0.3) is 0 Å². The maximum atomic E-state index is 8.83. The molecule has 1 unspecified atom stereocenters. The van der Waals surface area contributed by atoms with Gasteiger partial charge in [-0.05, 0) is 18.4 Å². The topological polar surface area (TPSA) is 27.0 Å². The van der Waals surface area contributed by atoms with Crippen LogP contribution in [0.2, 0.25) is 0 Å². The Bertz CT molecular complexity index is 316. The van der Waals surface area contributed by atoms with Gasteiger partial charge in [0.15, 0.2) is 0 Å². The van der Waals surface area contributed by atoms with Crippen LogP contribution in [0.4, 0.5) is 0 Å². The molecule has 2 heteroatoms. The highest BCUT2D eigenvalue weighted by atomic mass is 15.1. The van der Waals surface area contributed by atoms with Crippen LogP contribution in [0.15, 0.2) is 23.4 Å². The lowest BCUT2D eigenvalue weighted by Gasteiger charge is -2.29. The van der Waals surface area contributed by atoms with E-state index < -0.39 is 0 Å². The second kappa shape index (κ2) is 5.02. The predicted octanol–water partition coefficient (Wildman–Crippen LogP) is 2.95. The molecule has 0 amide bonds. The van der Waals surface area contributed by atoms with Crippen LogP contribution >= 0.6 is 0 Å². The smallest absolute Gasteiger partial charge is 0.0628 e. The van der Waals surface area contributed by atoms with E-state index in [4.69, 9.17) is 5.26 Å². The molecule has 0 aromatic heterocycles. The summed E-state index contributed by atoms with van der Waals surface area (Å²) in [6, 6.07) is 2.29. The van der Waals surface area contributed by atoms with E-state index in [0.717, 1.165) is 6.42 Å². The largest absolute Gasteiger partial charge is 0.381 e. The Morgan fingerprint density at radius 2 is 2.13 bits per heavy atom. The van der Waals surface area contributed by atoms with Crippen LogP contribution in [-0.4, -0.2) is 19.0 Å². The summed E-state index contributed by atoms with van der Waals surface area (Å²) in [5, 5.41) is 8.83. The third kappa shape index (κ3) is 2.86. The summed E-state index contributed by atoms with van der Waals surface area (Å²) >= 11 is 0. The Morgan fingerprint density at radius 3 is 2.60 bits per heavy atom. The van der Waals surface area contributed by atoms with Crippen LogP contribution in [0, 0.1) is 23.2 Å². The molecule has 1 aliphatic rings. The highest BCUT2D eigenvalue weighted by molar-refractivity contribution is 5.27. The quantitative estimate of drug-likeness (QED) is 0.706. The molecule has 0 heterocycles. The van der Waals surface area contributed by atoms with E-state index in [2.05, 4.69) is 37.0 Å². The van der Waals surface area contributed by atoms with Crippen molar-refractivity contribution in [3.63, 3.8) is 0 Å². The highest BCUT2D eigenvalue weighted by Crippen LogP contribution is 2.32. The lowest BCUT2D eigenvalue weighted by atomic mass is 9.84. The first-order valence-electron chi connectivity index (χ1n) is 5.51. The fourth-order valence-electron chi connectivity index (χ4n) is 2.01. The van der Waals surface area contributed by atoms with E-state index in [0.29, 0.717) is 18.3 Å². The third-order valence-corrected chi connectivity index (χ3v) is 2.96. The fourth-order valence-corrected chi connectivity index (χ4v) is 2.01. The molecule has 0 bridgehead atoms. The van der Waals surface area contributed by atoms with Gasteiger partial charge in [0.1, 0.15) is 0 Å². The van der Waals surface area contributed by atoms with Crippen molar-refractivity contribution in [1.82, 2.24) is 4.90 Å². The number of rotatable bonds is 3. The first-order valence-corrected chi connectivity index (χ1v) is 5.51. The number of nitriles is 1. The molecule has 1 rings (SSSR count). The minimum absolute atomic E-state index is 0.382. The summed E-state index contributed by atoms with van der Waals surface area (Å²) in [7, 11) is 4.09. The molecule has 82 valence electrons. The van der Waals surface area contributed by atoms with Gasteiger partial charge in [0, 0.05) is 32.1 Å². The second-order valence-corrected chi connectivity index (χ2v) is 4.65. The Kier molecular flexibility index (Phi) is 3.96. The van der Waals surface area contributed by atoms with E-state index in [1.54, 1.807) is 0 Å². The van der Waals surface area contributed by atoms with E-state index in [1.807, 2.05) is 14.1 Å². The third-order valence-electron chi connectivity index (χ3n) is 2.96. The van der Waals surface area contributed by atoms with Crippen LogP contribution in [0.25, 0.3) is 0 Å². The molecular formula is C13H20N2. The maximum Gasteiger partial charge on any atom is 0.0628 e. The lowest BCUT2D eigenvalue weighted by Crippen LogP contribution is -2.22. The molecule has 1 atom stereocenters. The first kappa shape index (κ1) is 11.8. The predicted molar refractivity (Wildman–Crippen MR) is 63.0 cm³/mol. The second-order valence-electron chi connectivity index (χ2n) is 4.65. The summed E-state index contributed by atoms with van der Waals surface area (Å²) in [6.45, 7) is 4.42. The standard InChI is InChI=1S/C13H20N2/c1-10(2)11-5-6-13(15(3)4)12(9-11)7-8-14/h5-6,10,12H,7,9H2,1-4H3. The number of allylic oxidation sites excluding steroid dienone is 4. The van der Waals surface area contributed by atoms with E-state index in [9.17, 15) is 0 Å². The molecule has 0 radical (unpaired) electrons. The van der Waals surface area contributed by atoms with Gasteiger partial charge in [-0.1, -0.05) is 25.5 Å². The van der Waals surface area contributed by atoms with E-state index in [1.165, 1.54) is 11.3 Å². The molecule has 0 fully saturated rings. The van der Waals surface area contributed by atoms with Crippen molar-refractivity contribution in [1.29, 1.82) is 5.26 Å². The molecule has 0 aromatic carbocycles. The average Bonchev–Trinajstić information content (AvgIpc) is 2.17.